The summed E-state index contributed by atoms with van der Waals surface area (Å²) < 4.78 is 13.9. The molecular formula is C15H14ClFN2O. The average molecular weight is 293 g/mol. The van der Waals surface area contributed by atoms with Crippen LogP contribution in [-0.4, -0.2) is 5.91 Å². The fraction of sp³-hybridized carbons (Fsp3) is 0.133. The van der Waals surface area contributed by atoms with Crippen LogP contribution in [0.3, 0.4) is 0 Å². The van der Waals surface area contributed by atoms with Gasteiger partial charge in [-0.15, -0.1) is 0 Å². The van der Waals surface area contributed by atoms with Crippen molar-refractivity contribution >= 4 is 23.2 Å². The first-order chi connectivity index (χ1) is 9.47. The van der Waals surface area contributed by atoms with Gasteiger partial charge in [0, 0.05) is 16.3 Å². The van der Waals surface area contributed by atoms with Gasteiger partial charge in [0.25, 0.3) is 0 Å². The zero-order valence-corrected chi connectivity index (χ0v) is 11.6. The van der Waals surface area contributed by atoms with Gasteiger partial charge in [-0.1, -0.05) is 29.8 Å². The van der Waals surface area contributed by atoms with E-state index in [2.05, 4.69) is 5.32 Å². The van der Waals surface area contributed by atoms with Crippen molar-refractivity contribution in [2.75, 3.05) is 5.32 Å². The molecule has 0 aromatic heterocycles. The van der Waals surface area contributed by atoms with E-state index in [9.17, 15) is 9.18 Å². The first-order valence-electron chi connectivity index (χ1n) is 6.05. The van der Waals surface area contributed by atoms with E-state index in [-0.39, 0.29) is 10.6 Å². The number of carbonyl (C=O) groups is 1. The standard InChI is InChI=1S/C15H14ClFN2O/c1-9-3-2-4-11(7-9)19-14(15(18)20)12-6-5-10(16)8-13(12)17/h2-8,14,19H,1H3,(H2,18,20). The van der Waals surface area contributed by atoms with E-state index in [1.807, 2.05) is 25.1 Å². The number of hydrogen-bond donors (Lipinski definition) is 2. The lowest BCUT2D eigenvalue weighted by Crippen LogP contribution is -2.28. The molecule has 5 heteroatoms. The third kappa shape index (κ3) is 3.27. The van der Waals surface area contributed by atoms with Crippen LogP contribution in [0.15, 0.2) is 42.5 Å². The fourth-order valence-corrected chi connectivity index (χ4v) is 2.10. The normalized spacial score (nSPS) is 11.9. The van der Waals surface area contributed by atoms with E-state index < -0.39 is 17.8 Å². The minimum absolute atomic E-state index is 0.170. The van der Waals surface area contributed by atoms with Gasteiger partial charge in [0.15, 0.2) is 0 Å². The zero-order chi connectivity index (χ0) is 14.7. The number of rotatable bonds is 4. The highest BCUT2D eigenvalue weighted by atomic mass is 35.5. The Morgan fingerprint density at radius 2 is 2.05 bits per heavy atom. The summed E-state index contributed by atoms with van der Waals surface area (Å²) in [4.78, 5) is 11.6. The minimum Gasteiger partial charge on any atom is -0.370 e. The molecule has 1 atom stereocenters. The number of hydrogen-bond acceptors (Lipinski definition) is 2. The van der Waals surface area contributed by atoms with Gasteiger partial charge in [-0.3, -0.25) is 4.79 Å². The third-order valence-corrected chi connectivity index (χ3v) is 3.12. The molecule has 0 saturated carbocycles. The number of aryl methyl sites for hydroxylation is 1. The molecule has 2 rings (SSSR count). The Bertz CT molecular complexity index is 646. The molecule has 2 aromatic rings. The van der Waals surface area contributed by atoms with Crippen LogP contribution in [-0.2, 0) is 4.79 Å². The number of nitrogens with one attached hydrogen (secondary N) is 1. The molecule has 20 heavy (non-hydrogen) atoms. The maximum atomic E-state index is 13.9. The van der Waals surface area contributed by atoms with E-state index in [1.54, 1.807) is 6.07 Å². The highest BCUT2D eigenvalue weighted by Crippen LogP contribution is 2.24. The summed E-state index contributed by atoms with van der Waals surface area (Å²) in [5.74, 6) is -1.23. The summed E-state index contributed by atoms with van der Waals surface area (Å²) in [6, 6.07) is 10.6. The molecule has 0 heterocycles. The molecule has 1 unspecified atom stereocenters. The van der Waals surface area contributed by atoms with Crippen LogP contribution >= 0.6 is 11.6 Å². The van der Waals surface area contributed by atoms with Gasteiger partial charge in [-0.05, 0) is 36.8 Å². The van der Waals surface area contributed by atoms with Gasteiger partial charge >= 0.3 is 0 Å². The molecule has 0 aliphatic rings. The monoisotopic (exact) mass is 292 g/mol. The molecule has 3 nitrogen and oxygen atoms in total. The molecule has 0 bridgehead atoms. The Morgan fingerprint density at radius 1 is 1.30 bits per heavy atom. The van der Waals surface area contributed by atoms with Gasteiger partial charge < -0.3 is 11.1 Å². The molecular weight excluding hydrogens is 279 g/mol. The molecule has 2 aromatic carbocycles. The van der Waals surface area contributed by atoms with Crippen molar-refractivity contribution in [3.05, 3.63) is 64.4 Å². The summed E-state index contributed by atoms with van der Waals surface area (Å²) in [7, 11) is 0. The van der Waals surface area contributed by atoms with E-state index in [1.165, 1.54) is 12.1 Å². The number of primary amides is 1. The highest BCUT2D eigenvalue weighted by Gasteiger charge is 2.21. The number of halogens is 2. The fourth-order valence-electron chi connectivity index (χ4n) is 1.94. The maximum absolute atomic E-state index is 13.9. The van der Waals surface area contributed by atoms with E-state index in [0.717, 1.165) is 11.6 Å². The summed E-state index contributed by atoms with van der Waals surface area (Å²) in [6.45, 7) is 1.92. The summed E-state index contributed by atoms with van der Waals surface area (Å²) in [6.07, 6.45) is 0. The van der Waals surface area contributed by atoms with Crippen LogP contribution in [0.2, 0.25) is 5.02 Å². The number of anilines is 1. The number of amides is 1. The van der Waals surface area contributed by atoms with Crippen molar-refractivity contribution in [1.82, 2.24) is 0 Å². The van der Waals surface area contributed by atoms with Crippen molar-refractivity contribution < 1.29 is 9.18 Å². The quantitative estimate of drug-likeness (QED) is 0.907. The van der Waals surface area contributed by atoms with E-state index in [4.69, 9.17) is 17.3 Å². The average Bonchev–Trinajstić information content (AvgIpc) is 2.36. The predicted octanol–water partition coefficient (Wildman–Crippen LogP) is 3.43. The van der Waals surface area contributed by atoms with Gasteiger partial charge in [0.1, 0.15) is 11.9 Å². The highest BCUT2D eigenvalue weighted by molar-refractivity contribution is 6.30. The Morgan fingerprint density at radius 3 is 2.65 bits per heavy atom. The van der Waals surface area contributed by atoms with Crippen molar-refractivity contribution in [3.63, 3.8) is 0 Å². The smallest absolute Gasteiger partial charge is 0.244 e. The Kier molecular flexibility index (Phi) is 4.25. The second kappa shape index (κ2) is 5.92. The molecule has 3 N–H and O–H groups in total. The van der Waals surface area contributed by atoms with Crippen LogP contribution in [0.5, 0.6) is 0 Å². The van der Waals surface area contributed by atoms with Gasteiger partial charge in [-0.25, -0.2) is 4.39 Å². The number of carbonyl (C=O) groups excluding carboxylic acids is 1. The van der Waals surface area contributed by atoms with Crippen molar-refractivity contribution in [1.29, 1.82) is 0 Å². The second-order valence-corrected chi connectivity index (χ2v) is 4.95. The molecule has 0 spiro atoms. The molecule has 104 valence electrons. The van der Waals surface area contributed by atoms with Crippen LogP contribution in [0, 0.1) is 12.7 Å². The number of benzene rings is 2. The second-order valence-electron chi connectivity index (χ2n) is 4.52. The predicted molar refractivity (Wildman–Crippen MR) is 78.1 cm³/mol. The Labute approximate surface area is 121 Å². The number of nitrogens with two attached hydrogens (primary N) is 1. The van der Waals surface area contributed by atoms with Crippen LogP contribution in [0.4, 0.5) is 10.1 Å². The lowest BCUT2D eigenvalue weighted by atomic mass is 10.0. The molecule has 0 radical (unpaired) electrons. The molecule has 0 fully saturated rings. The molecule has 0 aliphatic heterocycles. The van der Waals surface area contributed by atoms with Crippen molar-refractivity contribution in [2.45, 2.75) is 13.0 Å². The van der Waals surface area contributed by atoms with Crippen molar-refractivity contribution in [3.8, 4) is 0 Å². The topological polar surface area (TPSA) is 55.1 Å². The molecule has 1 amide bonds. The minimum atomic E-state index is -0.950. The SMILES string of the molecule is Cc1cccc(NC(C(N)=O)c2ccc(Cl)cc2F)c1. The summed E-state index contributed by atoms with van der Waals surface area (Å²) in [5.41, 5.74) is 7.25. The van der Waals surface area contributed by atoms with E-state index >= 15 is 0 Å². The first-order valence-corrected chi connectivity index (χ1v) is 6.42. The zero-order valence-electron chi connectivity index (χ0n) is 10.9. The third-order valence-electron chi connectivity index (χ3n) is 2.89. The Hall–Kier alpha value is -2.07. The largest absolute Gasteiger partial charge is 0.370 e. The van der Waals surface area contributed by atoms with Crippen LogP contribution in [0.1, 0.15) is 17.2 Å². The van der Waals surface area contributed by atoms with Crippen molar-refractivity contribution in [2.24, 2.45) is 5.73 Å². The summed E-state index contributed by atoms with van der Waals surface area (Å²) in [5, 5.41) is 3.21. The van der Waals surface area contributed by atoms with E-state index in [0.29, 0.717) is 5.69 Å². The maximum Gasteiger partial charge on any atom is 0.244 e. The van der Waals surface area contributed by atoms with Gasteiger partial charge in [0.2, 0.25) is 5.91 Å². The van der Waals surface area contributed by atoms with Gasteiger partial charge in [-0.2, -0.15) is 0 Å². The molecule has 0 saturated heterocycles. The van der Waals surface area contributed by atoms with Crippen LogP contribution in [0.25, 0.3) is 0 Å². The Balaban J connectivity index is 2.34. The van der Waals surface area contributed by atoms with Crippen LogP contribution < -0.4 is 11.1 Å². The molecule has 0 aliphatic carbocycles. The van der Waals surface area contributed by atoms with Gasteiger partial charge in [0.05, 0.1) is 0 Å². The lowest BCUT2D eigenvalue weighted by molar-refractivity contribution is -0.118. The first kappa shape index (κ1) is 14.3. The summed E-state index contributed by atoms with van der Waals surface area (Å²) >= 11 is 5.71. The lowest BCUT2D eigenvalue weighted by Gasteiger charge is -2.18.